The molecule has 0 amide bonds. The van der Waals surface area contributed by atoms with Gasteiger partial charge in [0.25, 0.3) is 0 Å². The number of hydrogen-bond acceptors (Lipinski definition) is 3. The fourth-order valence-corrected chi connectivity index (χ4v) is 1.99. The molecule has 1 unspecified atom stereocenters. The number of guanidine groups is 1. The Morgan fingerprint density at radius 1 is 1.35 bits per heavy atom. The molecular formula is C14H28IN3O2. The van der Waals surface area contributed by atoms with Gasteiger partial charge in [0.15, 0.2) is 5.96 Å². The molecule has 1 aliphatic heterocycles. The lowest BCUT2D eigenvalue weighted by atomic mass is 10.00. The van der Waals surface area contributed by atoms with E-state index in [1.807, 2.05) is 20.8 Å². The van der Waals surface area contributed by atoms with Crippen LogP contribution in [-0.2, 0) is 9.53 Å². The average Bonchev–Trinajstić information content (AvgIpc) is 2.35. The van der Waals surface area contributed by atoms with E-state index >= 15 is 0 Å². The predicted octanol–water partition coefficient (Wildman–Crippen LogP) is 2.24. The number of rotatable bonds is 4. The Morgan fingerprint density at radius 3 is 2.40 bits per heavy atom. The standard InChI is InChI=1S/C14H27N3O2.HI/c1-10(2)19-13(18)12(4)9-16-14(15)17-7-5-11(3)6-8-17;/h10-12H,5-9H2,1-4H3,(H2,15,16);1H. The van der Waals surface area contributed by atoms with Crippen LogP contribution in [0.1, 0.15) is 40.5 Å². The van der Waals surface area contributed by atoms with Crippen molar-refractivity contribution in [1.29, 1.82) is 0 Å². The van der Waals surface area contributed by atoms with Crippen LogP contribution in [-0.4, -0.2) is 42.6 Å². The van der Waals surface area contributed by atoms with Gasteiger partial charge in [-0.3, -0.25) is 9.79 Å². The molecule has 0 aromatic carbocycles. The molecular weight excluding hydrogens is 369 g/mol. The number of esters is 1. The Hall–Kier alpha value is -0.530. The first-order chi connectivity index (χ1) is 8.90. The molecule has 1 aliphatic rings. The van der Waals surface area contributed by atoms with Crippen molar-refractivity contribution >= 4 is 35.9 Å². The Morgan fingerprint density at radius 2 is 1.90 bits per heavy atom. The minimum absolute atomic E-state index is 0. The second kappa shape index (κ2) is 9.41. The number of aliphatic imine (C=N–C) groups is 1. The molecule has 1 fully saturated rings. The van der Waals surface area contributed by atoms with Crippen LogP contribution in [0.25, 0.3) is 0 Å². The van der Waals surface area contributed by atoms with Crippen LogP contribution in [0.2, 0.25) is 0 Å². The molecule has 5 nitrogen and oxygen atoms in total. The van der Waals surface area contributed by atoms with Crippen molar-refractivity contribution < 1.29 is 9.53 Å². The molecule has 0 saturated carbocycles. The number of ether oxygens (including phenoxy) is 1. The van der Waals surface area contributed by atoms with Crippen molar-refractivity contribution in [3.8, 4) is 0 Å². The molecule has 20 heavy (non-hydrogen) atoms. The molecule has 0 aromatic heterocycles. The van der Waals surface area contributed by atoms with Gasteiger partial charge in [-0.15, -0.1) is 24.0 Å². The number of hydrogen-bond donors (Lipinski definition) is 1. The number of piperidine rings is 1. The first-order valence-electron chi connectivity index (χ1n) is 7.15. The summed E-state index contributed by atoms with van der Waals surface area (Å²) < 4.78 is 5.14. The maximum absolute atomic E-state index is 11.6. The Labute approximate surface area is 139 Å². The van der Waals surface area contributed by atoms with Gasteiger partial charge >= 0.3 is 5.97 Å². The van der Waals surface area contributed by atoms with E-state index in [0.717, 1.165) is 31.8 Å². The van der Waals surface area contributed by atoms with Crippen molar-refractivity contribution in [2.75, 3.05) is 19.6 Å². The molecule has 1 heterocycles. The molecule has 1 atom stereocenters. The van der Waals surface area contributed by atoms with E-state index in [9.17, 15) is 4.79 Å². The van der Waals surface area contributed by atoms with Crippen molar-refractivity contribution in [2.45, 2.75) is 46.6 Å². The number of nitrogens with two attached hydrogens (primary N) is 1. The van der Waals surface area contributed by atoms with Gasteiger partial charge in [-0.2, -0.15) is 0 Å². The first-order valence-corrected chi connectivity index (χ1v) is 7.15. The van der Waals surface area contributed by atoms with Crippen LogP contribution in [0.15, 0.2) is 4.99 Å². The maximum atomic E-state index is 11.6. The highest BCUT2D eigenvalue weighted by molar-refractivity contribution is 14.0. The zero-order chi connectivity index (χ0) is 14.4. The lowest BCUT2D eigenvalue weighted by Gasteiger charge is -2.31. The van der Waals surface area contributed by atoms with Crippen molar-refractivity contribution in [3.63, 3.8) is 0 Å². The second-order valence-electron chi connectivity index (χ2n) is 5.76. The highest BCUT2D eigenvalue weighted by Gasteiger charge is 2.19. The highest BCUT2D eigenvalue weighted by Crippen LogP contribution is 2.15. The summed E-state index contributed by atoms with van der Waals surface area (Å²) >= 11 is 0. The normalized spacial score (nSPS) is 18.6. The Kier molecular flexibility index (Phi) is 9.16. The molecule has 1 saturated heterocycles. The topological polar surface area (TPSA) is 67.9 Å². The van der Waals surface area contributed by atoms with Crippen molar-refractivity contribution in [3.05, 3.63) is 0 Å². The molecule has 1 rings (SSSR count). The van der Waals surface area contributed by atoms with E-state index in [1.165, 1.54) is 0 Å². The monoisotopic (exact) mass is 397 g/mol. The van der Waals surface area contributed by atoms with Gasteiger partial charge in [-0.1, -0.05) is 13.8 Å². The molecule has 118 valence electrons. The minimum Gasteiger partial charge on any atom is -0.463 e. The number of carbonyl (C=O) groups excluding carboxylic acids is 1. The lowest BCUT2D eigenvalue weighted by Crippen LogP contribution is -2.42. The maximum Gasteiger partial charge on any atom is 0.310 e. The van der Waals surface area contributed by atoms with E-state index in [-0.39, 0.29) is 42.0 Å². The number of carbonyl (C=O) groups is 1. The fraction of sp³-hybridized carbons (Fsp3) is 0.857. The molecule has 0 bridgehead atoms. The van der Waals surface area contributed by atoms with Gasteiger partial charge in [0.05, 0.1) is 18.6 Å². The number of nitrogens with zero attached hydrogens (tertiary/aromatic N) is 2. The summed E-state index contributed by atoms with van der Waals surface area (Å²) in [5.74, 6) is 0.864. The lowest BCUT2D eigenvalue weighted by molar-refractivity contribution is -0.151. The quantitative estimate of drug-likeness (QED) is 0.342. The summed E-state index contributed by atoms with van der Waals surface area (Å²) in [7, 11) is 0. The second-order valence-corrected chi connectivity index (χ2v) is 5.76. The van der Waals surface area contributed by atoms with E-state index in [1.54, 1.807) is 0 Å². The smallest absolute Gasteiger partial charge is 0.310 e. The van der Waals surface area contributed by atoms with Crippen LogP contribution >= 0.6 is 24.0 Å². The molecule has 0 radical (unpaired) electrons. The predicted molar refractivity (Wildman–Crippen MR) is 92.3 cm³/mol. The summed E-state index contributed by atoms with van der Waals surface area (Å²) in [4.78, 5) is 18.1. The highest BCUT2D eigenvalue weighted by atomic mass is 127. The summed E-state index contributed by atoms with van der Waals surface area (Å²) in [5.41, 5.74) is 5.97. The molecule has 6 heteroatoms. The van der Waals surface area contributed by atoms with Crippen LogP contribution in [0.3, 0.4) is 0 Å². The first kappa shape index (κ1) is 19.5. The van der Waals surface area contributed by atoms with Crippen LogP contribution in [0.5, 0.6) is 0 Å². The van der Waals surface area contributed by atoms with E-state index in [4.69, 9.17) is 10.5 Å². The Balaban J connectivity index is 0.00000361. The molecule has 0 aromatic rings. The average molecular weight is 397 g/mol. The van der Waals surface area contributed by atoms with E-state index in [0.29, 0.717) is 12.5 Å². The summed E-state index contributed by atoms with van der Waals surface area (Å²) in [6.07, 6.45) is 2.22. The summed E-state index contributed by atoms with van der Waals surface area (Å²) in [6, 6.07) is 0. The fourth-order valence-electron chi connectivity index (χ4n) is 1.99. The zero-order valence-corrected chi connectivity index (χ0v) is 15.3. The molecule has 0 aliphatic carbocycles. The van der Waals surface area contributed by atoms with Crippen LogP contribution < -0.4 is 5.73 Å². The number of likely N-dealkylation sites (tertiary alicyclic amines) is 1. The minimum atomic E-state index is -0.246. The van der Waals surface area contributed by atoms with Gasteiger partial charge < -0.3 is 15.4 Å². The van der Waals surface area contributed by atoms with Crippen LogP contribution in [0.4, 0.5) is 0 Å². The molecule has 2 N–H and O–H groups in total. The van der Waals surface area contributed by atoms with Gasteiger partial charge in [-0.25, -0.2) is 0 Å². The zero-order valence-electron chi connectivity index (χ0n) is 13.0. The third-order valence-corrected chi connectivity index (χ3v) is 3.39. The van der Waals surface area contributed by atoms with Crippen molar-refractivity contribution in [2.24, 2.45) is 22.6 Å². The van der Waals surface area contributed by atoms with Gasteiger partial charge in [0.2, 0.25) is 0 Å². The SMILES string of the molecule is CC1CCN(C(N)=NCC(C)C(=O)OC(C)C)CC1.I. The van der Waals surface area contributed by atoms with E-state index in [2.05, 4.69) is 16.8 Å². The van der Waals surface area contributed by atoms with Gasteiger partial charge in [0, 0.05) is 13.1 Å². The molecule has 0 spiro atoms. The third-order valence-electron chi connectivity index (χ3n) is 3.39. The largest absolute Gasteiger partial charge is 0.463 e. The third kappa shape index (κ3) is 6.76. The number of halogens is 1. The summed E-state index contributed by atoms with van der Waals surface area (Å²) in [6.45, 7) is 10.1. The van der Waals surface area contributed by atoms with Gasteiger partial charge in [-0.05, 0) is 32.6 Å². The van der Waals surface area contributed by atoms with E-state index < -0.39 is 0 Å². The van der Waals surface area contributed by atoms with Crippen molar-refractivity contribution in [1.82, 2.24) is 4.90 Å². The van der Waals surface area contributed by atoms with Gasteiger partial charge in [0.1, 0.15) is 0 Å². The van der Waals surface area contributed by atoms with Crippen LogP contribution in [0, 0.1) is 11.8 Å². The Bertz CT molecular complexity index is 326. The summed E-state index contributed by atoms with van der Waals surface area (Å²) in [5, 5.41) is 0.